The number of para-hydroxylation sites is 1. The molecular weight excluding hydrogens is 220 g/mol. The SMILES string of the molecule is [2H]C([2H])([2H])N1C=CN(c2ccccc2C(C)C)C1C(C)C. The highest BCUT2D eigenvalue weighted by molar-refractivity contribution is 5.58. The van der Waals surface area contributed by atoms with Gasteiger partial charge in [-0.25, -0.2) is 0 Å². The zero-order chi connectivity index (χ0) is 15.8. The Morgan fingerprint density at radius 2 is 1.83 bits per heavy atom. The van der Waals surface area contributed by atoms with Gasteiger partial charge in [-0.1, -0.05) is 45.9 Å². The van der Waals surface area contributed by atoms with Crippen LogP contribution in [0.15, 0.2) is 36.7 Å². The van der Waals surface area contributed by atoms with E-state index in [1.54, 1.807) is 6.20 Å². The minimum atomic E-state index is -2.12. The summed E-state index contributed by atoms with van der Waals surface area (Å²) >= 11 is 0. The highest BCUT2D eigenvalue weighted by Gasteiger charge is 2.29. The standard InChI is InChI=1S/C16H24N2/c1-12(2)14-8-6-7-9-15(14)18-11-10-17(5)16(18)13(3)4/h6-13,16H,1-5H3/i5D3. The van der Waals surface area contributed by atoms with E-state index in [2.05, 4.69) is 44.7 Å². The lowest BCUT2D eigenvalue weighted by molar-refractivity contribution is 0.283. The Labute approximate surface area is 115 Å². The second-order valence-corrected chi connectivity index (χ2v) is 5.48. The van der Waals surface area contributed by atoms with Gasteiger partial charge in [-0.05, 0) is 23.5 Å². The Kier molecular flexibility index (Phi) is 2.66. The number of benzene rings is 1. The van der Waals surface area contributed by atoms with Crippen LogP contribution in [0.5, 0.6) is 0 Å². The minimum Gasteiger partial charge on any atom is -0.359 e. The smallest absolute Gasteiger partial charge is 0.107 e. The van der Waals surface area contributed by atoms with Crippen molar-refractivity contribution in [1.29, 1.82) is 0 Å². The average molecular weight is 247 g/mol. The van der Waals surface area contributed by atoms with E-state index in [-0.39, 0.29) is 12.1 Å². The van der Waals surface area contributed by atoms with E-state index in [4.69, 9.17) is 4.11 Å². The molecule has 1 aliphatic rings. The first-order valence-corrected chi connectivity index (χ1v) is 6.57. The number of hydrogen-bond acceptors (Lipinski definition) is 2. The normalized spacial score (nSPS) is 22.6. The van der Waals surface area contributed by atoms with E-state index in [1.165, 1.54) is 10.5 Å². The van der Waals surface area contributed by atoms with Crippen LogP contribution in [0.2, 0.25) is 0 Å². The third-order valence-electron chi connectivity index (χ3n) is 3.39. The summed E-state index contributed by atoms with van der Waals surface area (Å²) in [5.41, 5.74) is 2.33. The highest BCUT2D eigenvalue weighted by Crippen LogP contribution is 2.33. The Hall–Kier alpha value is -1.44. The zero-order valence-corrected chi connectivity index (χ0v) is 11.6. The van der Waals surface area contributed by atoms with Gasteiger partial charge in [0.1, 0.15) is 6.17 Å². The average Bonchev–Trinajstić information content (AvgIpc) is 2.83. The number of nitrogens with zero attached hydrogens (tertiary/aromatic N) is 2. The third kappa shape index (κ3) is 2.24. The molecule has 0 aliphatic carbocycles. The molecule has 0 amide bonds. The summed E-state index contributed by atoms with van der Waals surface area (Å²) in [6.07, 6.45) is 3.39. The van der Waals surface area contributed by atoms with E-state index >= 15 is 0 Å². The monoisotopic (exact) mass is 247 g/mol. The first-order valence-electron chi connectivity index (χ1n) is 8.07. The fourth-order valence-electron chi connectivity index (χ4n) is 2.53. The van der Waals surface area contributed by atoms with Crippen LogP contribution in [0.3, 0.4) is 0 Å². The lowest BCUT2D eigenvalue weighted by Crippen LogP contribution is -2.41. The summed E-state index contributed by atoms with van der Waals surface area (Å²) in [6, 6.07) is 8.22. The van der Waals surface area contributed by atoms with Crippen LogP contribution in [0.4, 0.5) is 5.69 Å². The highest BCUT2D eigenvalue weighted by atomic mass is 15.4. The minimum absolute atomic E-state index is 0.183. The fourth-order valence-corrected chi connectivity index (χ4v) is 2.53. The summed E-state index contributed by atoms with van der Waals surface area (Å²) in [7, 11) is 0. The van der Waals surface area contributed by atoms with Gasteiger partial charge in [0, 0.05) is 29.2 Å². The number of anilines is 1. The molecular formula is C16H24N2. The van der Waals surface area contributed by atoms with Crippen LogP contribution < -0.4 is 4.90 Å². The van der Waals surface area contributed by atoms with Gasteiger partial charge in [-0.15, -0.1) is 0 Å². The van der Waals surface area contributed by atoms with Crippen molar-refractivity contribution in [3.8, 4) is 0 Å². The molecule has 98 valence electrons. The summed E-state index contributed by atoms with van der Waals surface area (Å²) in [4.78, 5) is 3.57. The summed E-state index contributed by atoms with van der Waals surface area (Å²) in [5, 5.41) is 0. The van der Waals surface area contributed by atoms with Crippen LogP contribution in [0.25, 0.3) is 0 Å². The van der Waals surface area contributed by atoms with Gasteiger partial charge < -0.3 is 9.80 Å². The Morgan fingerprint density at radius 1 is 1.11 bits per heavy atom. The molecule has 18 heavy (non-hydrogen) atoms. The van der Waals surface area contributed by atoms with Crippen molar-refractivity contribution < 1.29 is 4.11 Å². The molecule has 2 nitrogen and oxygen atoms in total. The molecule has 0 fully saturated rings. The summed E-state index contributed by atoms with van der Waals surface area (Å²) in [6.45, 7) is 6.31. The molecule has 0 spiro atoms. The zero-order valence-electron chi connectivity index (χ0n) is 14.6. The molecule has 1 unspecified atom stereocenters. The topological polar surface area (TPSA) is 6.48 Å². The van der Waals surface area contributed by atoms with Gasteiger partial charge in [0.15, 0.2) is 0 Å². The molecule has 2 rings (SSSR count). The molecule has 0 radical (unpaired) electrons. The second-order valence-electron chi connectivity index (χ2n) is 5.48. The van der Waals surface area contributed by atoms with Crippen LogP contribution in [-0.2, 0) is 0 Å². The van der Waals surface area contributed by atoms with Crippen LogP contribution >= 0.6 is 0 Å². The molecule has 2 heteroatoms. The maximum atomic E-state index is 7.72. The number of hydrogen-bond donors (Lipinski definition) is 0. The first-order chi connectivity index (χ1) is 9.73. The lowest BCUT2D eigenvalue weighted by Gasteiger charge is -2.35. The second kappa shape index (κ2) is 5.05. The van der Waals surface area contributed by atoms with Crippen molar-refractivity contribution >= 4 is 5.69 Å². The third-order valence-corrected chi connectivity index (χ3v) is 3.39. The molecule has 1 aromatic carbocycles. The first kappa shape index (κ1) is 9.48. The quantitative estimate of drug-likeness (QED) is 0.796. The molecule has 0 saturated heterocycles. The van der Waals surface area contributed by atoms with Crippen molar-refractivity contribution in [1.82, 2.24) is 4.90 Å². The Balaban J connectivity index is 2.43. The van der Waals surface area contributed by atoms with Gasteiger partial charge in [-0.3, -0.25) is 0 Å². The van der Waals surface area contributed by atoms with E-state index in [1.807, 2.05) is 18.3 Å². The maximum Gasteiger partial charge on any atom is 0.107 e. The van der Waals surface area contributed by atoms with Crippen molar-refractivity contribution in [3.63, 3.8) is 0 Å². The molecule has 1 aliphatic heterocycles. The van der Waals surface area contributed by atoms with Gasteiger partial charge in [0.2, 0.25) is 0 Å². The summed E-state index contributed by atoms with van der Waals surface area (Å²) < 4.78 is 23.2. The van der Waals surface area contributed by atoms with Gasteiger partial charge in [0.25, 0.3) is 0 Å². The van der Waals surface area contributed by atoms with Crippen LogP contribution in [-0.4, -0.2) is 18.0 Å². The van der Waals surface area contributed by atoms with Crippen molar-refractivity contribution in [2.24, 2.45) is 5.92 Å². The van der Waals surface area contributed by atoms with E-state index in [9.17, 15) is 0 Å². The van der Waals surface area contributed by atoms with Gasteiger partial charge >= 0.3 is 0 Å². The predicted octanol–water partition coefficient (Wildman–Crippen LogP) is 4.02. The fraction of sp³-hybridized carbons (Fsp3) is 0.500. The molecule has 0 aromatic heterocycles. The molecule has 1 atom stereocenters. The Bertz CT molecular complexity index is 520. The predicted molar refractivity (Wildman–Crippen MR) is 78.5 cm³/mol. The lowest BCUT2D eigenvalue weighted by atomic mass is 9.99. The van der Waals surface area contributed by atoms with Gasteiger partial charge in [-0.2, -0.15) is 0 Å². The van der Waals surface area contributed by atoms with E-state index < -0.39 is 6.98 Å². The number of rotatable bonds is 3. The van der Waals surface area contributed by atoms with Crippen molar-refractivity contribution in [2.45, 2.75) is 39.8 Å². The molecule has 0 N–H and O–H groups in total. The molecule has 0 saturated carbocycles. The van der Waals surface area contributed by atoms with Crippen LogP contribution in [0, 0.1) is 5.92 Å². The van der Waals surface area contributed by atoms with E-state index in [0.29, 0.717) is 5.92 Å². The van der Waals surface area contributed by atoms with Crippen LogP contribution in [0.1, 0.15) is 43.3 Å². The maximum absolute atomic E-state index is 7.72. The van der Waals surface area contributed by atoms with Crippen molar-refractivity contribution in [2.75, 3.05) is 11.9 Å². The van der Waals surface area contributed by atoms with Crippen molar-refractivity contribution in [3.05, 3.63) is 42.2 Å². The molecule has 0 bridgehead atoms. The molecule has 1 aromatic rings. The largest absolute Gasteiger partial charge is 0.359 e. The van der Waals surface area contributed by atoms with E-state index in [0.717, 1.165) is 5.69 Å². The molecule has 1 heterocycles. The Morgan fingerprint density at radius 3 is 2.44 bits per heavy atom. The summed E-state index contributed by atoms with van der Waals surface area (Å²) in [5.74, 6) is 0.588. The van der Waals surface area contributed by atoms with Gasteiger partial charge in [0.05, 0.1) is 0 Å².